The van der Waals surface area contributed by atoms with Crippen molar-refractivity contribution in [1.29, 1.82) is 0 Å². The minimum absolute atomic E-state index is 0.129. The number of anilines is 1. The molecule has 0 unspecified atom stereocenters. The number of benzene rings is 2. The fourth-order valence-electron chi connectivity index (χ4n) is 5.51. The molecule has 2 aromatic carbocycles. The Balaban J connectivity index is 1.32. The summed E-state index contributed by atoms with van der Waals surface area (Å²) in [6.07, 6.45) is 9.08. The van der Waals surface area contributed by atoms with Crippen LogP contribution in [0.15, 0.2) is 54.6 Å². The van der Waals surface area contributed by atoms with Crippen molar-refractivity contribution in [2.75, 3.05) is 24.5 Å². The Bertz CT molecular complexity index is 931. The summed E-state index contributed by atoms with van der Waals surface area (Å²) in [6.45, 7) is 4.56. The van der Waals surface area contributed by atoms with Gasteiger partial charge in [0.1, 0.15) is 0 Å². The molecule has 4 rings (SSSR count). The molecular formula is C29H39N3O2. The molecule has 1 saturated heterocycles. The third-order valence-electron chi connectivity index (χ3n) is 7.44. The third kappa shape index (κ3) is 6.19. The SMILES string of the molecule is CCN(C(=O)c1ccccc1N1CCC(NC(=O)CCc2ccccc2)CC1)C1CCCCC1. The summed E-state index contributed by atoms with van der Waals surface area (Å²) >= 11 is 0. The summed E-state index contributed by atoms with van der Waals surface area (Å²) in [4.78, 5) is 30.5. The molecule has 1 saturated carbocycles. The van der Waals surface area contributed by atoms with Crippen molar-refractivity contribution in [1.82, 2.24) is 10.2 Å². The van der Waals surface area contributed by atoms with Gasteiger partial charge in [0.05, 0.1) is 5.56 Å². The van der Waals surface area contributed by atoms with Crippen LogP contribution in [0.4, 0.5) is 5.69 Å². The molecule has 2 fully saturated rings. The van der Waals surface area contributed by atoms with E-state index >= 15 is 0 Å². The lowest BCUT2D eigenvalue weighted by Gasteiger charge is -2.37. The van der Waals surface area contributed by atoms with Crippen molar-refractivity contribution < 1.29 is 9.59 Å². The standard InChI is InChI=1S/C29H39N3O2/c1-2-32(25-13-7-4-8-14-25)29(34)26-15-9-10-16-27(26)31-21-19-24(20-22-31)30-28(33)18-17-23-11-5-3-6-12-23/h3,5-6,9-12,15-16,24-25H,2,4,7-8,13-14,17-22H2,1H3,(H,30,33). The van der Waals surface area contributed by atoms with Gasteiger partial charge in [-0.15, -0.1) is 0 Å². The summed E-state index contributed by atoms with van der Waals surface area (Å²) in [7, 11) is 0. The number of hydrogen-bond donors (Lipinski definition) is 1. The van der Waals surface area contributed by atoms with Gasteiger partial charge in [0.15, 0.2) is 0 Å². The number of rotatable bonds is 8. The number of para-hydroxylation sites is 1. The van der Waals surface area contributed by atoms with Crippen LogP contribution in [0.1, 0.15) is 74.2 Å². The van der Waals surface area contributed by atoms with Gasteiger partial charge in [0.2, 0.25) is 5.91 Å². The van der Waals surface area contributed by atoms with Gasteiger partial charge in [-0.25, -0.2) is 0 Å². The van der Waals surface area contributed by atoms with Crippen molar-refractivity contribution in [2.45, 2.75) is 76.8 Å². The second kappa shape index (κ2) is 12.0. The highest BCUT2D eigenvalue weighted by molar-refractivity contribution is 6.00. The first-order valence-corrected chi connectivity index (χ1v) is 13.1. The average Bonchev–Trinajstić information content (AvgIpc) is 2.89. The Kier molecular flexibility index (Phi) is 8.62. The molecule has 0 atom stereocenters. The highest BCUT2D eigenvalue weighted by atomic mass is 16.2. The Morgan fingerprint density at radius 3 is 2.29 bits per heavy atom. The predicted octanol–water partition coefficient (Wildman–Crippen LogP) is 5.20. The van der Waals surface area contributed by atoms with Gasteiger partial charge in [0.25, 0.3) is 5.91 Å². The smallest absolute Gasteiger partial charge is 0.256 e. The molecule has 0 bridgehead atoms. The maximum atomic E-state index is 13.6. The monoisotopic (exact) mass is 461 g/mol. The number of aryl methyl sites for hydroxylation is 1. The molecule has 2 aliphatic rings. The van der Waals surface area contributed by atoms with Crippen LogP contribution in [0.3, 0.4) is 0 Å². The minimum Gasteiger partial charge on any atom is -0.371 e. The highest BCUT2D eigenvalue weighted by Gasteiger charge is 2.29. The quantitative estimate of drug-likeness (QED) is 0.588. The Morgan fingerprint density at radius 2 is 1.59 bits per heavy atom. The summed E-state index contributed by atoms with van der Waals surface area (Å²) in [5.41, 5.74) is 3.05. The van der Waals surface area contributed by atoms with Crippen LogP contribution in [-0.2, 0) is 11.2 Å². The molecule has 2 aromatic rings. The van der Waals surface area contributed by atoms with Crippen LogP contribution in [0.25, 0.3) is 0 Å². The molecule has 0 spiro atoms. The Hall–Kier alpha value is -2.82. The van der Waals surface area contributed by atoms with E-state index in [9.17, 15) is 9.59 Å². The van der Waals surface area contributed by atoms with Crippen molar-refractivity contribution in [2.24, 2.45) is 0 Å². The van der Waals surface area contributed by atoms with Crippen molar-refractivity contribution in [3.8, 4) is 0 Å². The predicted molar refractivity (Wildman–Crippen MR) is 138 cm³/mol. The average molecular weight is 462 g/mol. The molecule has 1 aliphatic heterocycles. The molecule has 0 radical (unpaired) electrons. The number of nitrogens with zero attached hydrogens (tertiary/aromatic N) is 2. The van der Waals surface area contributed by atoms with E-state index in [2.05, 4.69) is 40.2 Å². The fraction of sp³-hybridized carbons (Fsp3) is 0.517. The summed E-state index contributed by atoms with van der Waals surface area (Å²) in [6, 6.07) is 18.8. The maximum absolute atomic E-state index is 13.6. The third-order valence-corrected chi connectivity index (χ3v) is 7.44. The zero-order valence-electron chi connectivity index (χ0n) is 20.5. The first-order valence-electron chi connectivity index (χ1n) is 13.1. The Labute approximate surface area is 204 Å². The number of nitrogens with one attached hydrogen (secondary N) is 1. The van der Waals surface area contributed by atoms with E-state index in [1.807, 2.05) is 36.4 Å². The van der Waals surface area contributed by atoms with Gasteiger partial charge >= 0.3 is 0 Å². The van der Waals surface area contributed by atoms with Gasteiger partial charge in [-0.2, -0.15) is 0 Å². The largest absolute Gasteiger partial charge is 0.371 e. The van der Waals surface area contributed by atoms with E-state index < -0.39 is 0 Å². The van der Waals surface area contributed by atoms with Crippen molar-refractivity contribution >= 4 is 17.5 Å². The molecule has 5 heteroatoms. The molecule has 1 N–H and O–H groups in total. The van der Waals surface area contributed by atoms with Gasteiger partial charge in [-0.3, -0.25) is 9.59 Å². The van der Waals surface area contributed by atoms with Crippen LogP contribution in [0.2, 0.25) is 0 Å². The minimum atomic E-state index is 0.129. The van der Waals surface area contributed by atoms with E-state index in [0.717, 1.165) is 63.0 Å². The lowest BCUT2D eigenvalue weighted by atomic mass is 9.93. The number of carbonyl (C=O) groups is 2. The van der Waals surface area contributed by atoms with Crippen molar-refractivity contribution in [3.63, 3.8) is 0 Å². The fourth-order valence-corrected chi connectivity index (χ4v) is 5.51. The molecular weight excluding hydrogens is 422 g/mol. The number of hydrogen-bond acceptors (Lipinski definition) is 3. The van der Waals surface area contributed by atoms with Crippen LogP contribution >= 0.6 is 0 Å². The lowest BCUT2D eigenvalue weighted by Crippen LogP contribution is -2.46. The molecule has 1 heterocycles. The molecule has 1 aliphatic carbocycles. The lowest BCUT2D eigenvalue weighted by molar-refractivity contribution is -0.121. The van der Waals surface area contributed by atoms with E-state index in [1.54, 1.807) is 0 Å². The second-order valence-electron chi connectivity index (χ2n) is 9.71. The molecule has 182 valence electrons. The van der Waals surface area contributed by atoms with Gasteiger partial charge < -0.3 is 15.1 Å². The van der Waals surface area contributed by atoms with Crippen LogP contribution in [0.5, 0.6) is 0 Å². The number of amides is 2. The van der Waals surface area contributed by atoms with Gasteiger partial charge in [-0.1, -0.05) is 61.7 Å². The van der Waals surface area contributed by atoms with Crippen LogP contribution < -0.4 is 10.2 Å². The zero-order valence-corrected chi connectivity index (χ0v) is 20.5. The summed E-state index contributed by atoms with van der Waals surface area (Å²) < 4.78 is 0. The van der Waals surface area contributed by atoms with Gasteiger partial charge in [-0.05, 0) is 56.7 Å². The first kappa shape index (κ1) is 24.3. The molecule has 2 amide bonds. The number of piperidine rings is 1. The molecule has 5 nitrogen and oxygen atoms in total. The topological polar surface area (TPSA) is 52.7 Å². The normalized spacial score (nSPS) is 17.4. The first-order chi connectivity index (χ1) is 16.7. The highest BCUT2D eigenvalue weighted by Crippen LogP contribution is 2.29. The Morgan fingerprint density at radius 1 is 0.912 bits per heavy atom. The number of carbonyl (C=O) groups excluding carboxylic acids is 2. The van der Waals surface area contributed by atoms with E-state index in [4.69, 9.17) is 0 Å². The molecule has 34 heavy (non-hydrogen) atoms. The summed E-state index contributed by atoms with van der Waals surface area (Å²) in [5, 5.41) is 3.23. The van der Waals surface area contributed by atoms with Crippen LogP contribution in [-0.4, -0.2) is 48.4 Å². The molecule has 0 aromatic heterocycles. The zero-order chi connectivity index (χ0) is 23.8. The van der Waals surface area contributed by atoms with E-state index in [-0.39, 0.29) is 17.9 Å². The maximum Gasteiger partial charge on any atom is 0.256 e. The summed E-state index contributed by atoms with van der Waals surface area (Å²) in [5.74, 6) is 0.297. The van der Waals surface area contributed by atoms with E-state index in [0.29, 0.717) is 12.5 Å². The van der Waals surface area contributed by atoms with Crippen LogP contribution in [0, 0.1) is 0 Å². The van der Waals surface area contributed by atoms with Gasteiger partial charge in [0, 0.05) is 43.8 Å². The second-order valence-corrected chi connectivity index (χ2v) is 9.71. The van der Waals surface area contributed by atoms with E-state index in [1.165, 1.54) is 24.8 Å². The van der Waals surface area contributed by atoms with Crippen molar-refractivity contribution in [3.05, 3.63) is 65.7 Å².